The normalized spacial score (nSPS) is 10.4. The maximum absolute atomic E-state index is 10.8. The van der Waals surface area contributed by atoms with Crippen LogP contribution in [0.4, 0.5) is 0 Å². The van der Waals surface area contributed by atoms with Gasteiger partial charge in [0.1, 0.15) is 4.90 Å². The van der Waals surface area contributed by atoms with Crippen molar-refractivity contribution in [3.05, 3.63) is 12.4 Å². The van der Waals surface area contributed by atoms with Crippen LogP contribution in [-0.2, 0) is 22.5 Å². The third-order valence-electron chi connectivity index (χ3n) is 1.03. The van der Waals surface area contributed by atoms with Crippen LogP contribution in [0.25, 0.3) is 0 Å². The van der Waals surface area contributed by atoms with Crippen LogP contribution < -0.4 is 29.6 Å². The molecule has 0 bridgehead atoms. The zero-order chi connectivity index (χ0) is 8.48. The number of hydrogen-bond donors (Lipinski definition) is 0. The molecule has 0 radical (unpaired) electrons. The summed E-state index contributed by atoms with van der Waals surface area (Å²) in [5, 5.41) is 0.150. The molecule has 0 aliphatic heterocycles. The summed E-state index contributed by atoms with van der Waals surface area (Å²) >= 11 is 4.58. The molecule has 1 rings (SSSR count). The SMILES string of the molecule is CS(=O)(=O)c1cnc([S-])nc1.[Na+]. The Bertz CT molecular complexity index is 348. The van der Waals surface area contributed by atoms with E-state index in [0.717, 1.165) is 6.26 Å². The third kappa shape index (κ3) is 3.32. The number of nitrogens with zero attached hydrogens (tertiary/aromatic N) is 2. The van der Waals surface area contributed by atoms with E-state index in [2.05, 4.69) is 22.6 Å². The average molecular weight is 212 g/mol. The minimum absolute atomic E-state index is 0. The predicted octanol–water partition coefficient (Wildman–Crippen LogP) is -3.21. The Balaban J connectivity index is 0.00000121. The fourth-order valence-electron chi connectivity index (χ4n) is 0.496. The van der Waals surface area contributed by atoms with Crippen LogP contribution in [0.15, 0.2) is 22.4 Å². The Hall–Kier alpha value is 0.250. The zero-order valence-electron chi connectivity index (χ0n) is 6.68. The van der Waals surface area contributed by atoms with Gasteiger partial charge in [-0.1, -0.05) is 0 Å². The van der Waals surface area contributed by atoms with Gasteiger partial charge in [-0.2, -0.15) is 0 Å². The molecule has 0 aliphatic rings. The minimum Gasteiger partial charge on any atom is -0.740 e. The van der Waals surface area contributed by atoms with Crippen molar-refractivity contribution in [2.75, 3.05) is 6.26 Å². The first-order valence-corrected chi connectivity index (χ1v) is 4.99. The summed E-state index contributed by atoms with van der Waals surface area (Å²) in [7, 11) is -3.19. The van der Waals surface area contributed by atoms with Crippen molar-refractivity contribution in [3.8, 4) is 0 Å². The molecular weight excluding hydrogens is 207 g/mol. The van der Waals surface area contributed by atoms with Crippen molar-refractivity contribution >= 4 is 22.5 Å². The van der Waals surface area contributed by atoms with E-state index in [1.807, 2.05) is 0 Å². The molecule has 1 aromatic heterocycles. The maximum Gasteiger partial charge on any atom is 1.00 e. The van der Waals surface area contributed by atoms with Gasteiger partial charge in [0.05, 0.1) is 0 Å². The summed E-state index contributed by atoms with van der Waals surface area (Å²) in [5.41, 5.74) is 0. The van der Waals surface area contributed by atoms with E-state index in [0.29, 0.717) is 0 Å². The van der Waals surface area contributed by atoms with Crippen molar-refractivity contribution in [1.29, 1.82) is 0 Å². The molecule has 0 saturated heterocycles. The number of rotatable bonds is 1. The van der Waals surface area contributed by atoms with Crippen LogP contribution in [0.1, 0.15) is 0 Å². The van der Waals surface area contributed by atoms with E-state index in [1.165, 1.54) is 12.4 Å². The van der Waals surface area contributed by atoms with Crippen LogP contribution in [-0.4, -0.2) is 24.6 Å². The Kier molecular flexibility index (Phi) is 4.57. The molecular formula is C5H5N2NaO2S2. The summed E-state index contributed by atoms with van der Waals surface area (Å²) < 4.78 is 21.7. The third-order valence-corrected chi connectivity index (χ3v) is 2.31. The van der Waals surface area contributed by atoms with Crippen LogP contribution in [0.5, 0.6) is 0 Å². The molecule has 0 N–H and O–H groups in total. The Morgan fingerprint density at radius 2 is 1.75 bits per heavy atom. The van der Waals surface area contributed by atoms with E-state index in [1.54, 1.807) is 0 Å². The van der Waals surface area contributed by atoms with Crippen molar-refractivity contribution in [2.45, 2.75) is 10.1 Å². The van der Waals surface area contributed by atoms with Crippen LogP contribution >= 0.6 is 0 Å². The zero-order valence-corrected chi connectivity index (χ0v) is 10.3. The molecule has 0 aliphatic carbocycles. The number of sulfone groups is 1. The Morgan fingerprint density at radius 1 is 1.33 bits per heavy atom. The van der Waals surface area contributed by atoms with Gasteiger partial charge in [-0.25, -0.2) is 8.42 Å². The summed E-state index contributed by atoms with van der Waals surface area (Å²) in [4.78, 5) is 7.23. The molecule has 4 nitrogen and oxygen atoms in total. The summed E-state index contributed by atoms with van der Waals surface area (Å²) in [6.07, 6.45) is 3.49. The van der Waals surface area contributed by atoms with Crippen LogP contribution in [0.3, 0.4) is 0 Å². The first-order chi connectivity index (χ1) is 5.00. The van der Waals surface area contributed by atoms with Gasteiger partial charge in [0.25, 0.3) is 0 Å². The molecule has 0 aromatic carbocycles. The summed E-state index contributed by atoms with van der Waals surface area (Å²) in [6.45, 7) is 0. The Labute approximate surface area is 98.4 Å². The molecule has 0 spiro atoms. The van der Waals surface area contributed by atoms with Gasteiger partial charge in [0, 0.05) is 23.8 Å². The van der Waals surface area contributed by atoms with Crippen molar-refractivity contribution in [2.24, 2.45) is 0 Å². The summed E-state index contributed by atoms with van der Waals surface area (Å²) in [6, 6.07) is 0. The van der Waals surface area contributed by atoms with Crippen molar-refractivity contribution in [1.82, 2.24) is 9.97 Å². The second-order valence-corrected chi connectivity index (χ2v) is 4.35. The predicted molar refractivity (Wildman–Crippen MR) is 40.8 cm³/mol. The molecule has 0 unspecified atom stereocenters. The minimum atomic E-state index is -3.19. The molecule has 1 aromatic rings. The molecule has 0 fully saturated rings. The Morgan fingerprint density at radius 3 is 2.08 bits per heavy atom. The van der Waals surface area contributed by atoms with Gasteiger partial charge in [-0.3, -0.25) is 9.97 Å². The van der Waals surface area contributed by atoms with E-state index in [9.17, 15) is 8.42 Å². The van der Waals surface area contributed by atoms with Gasteiger partial charge in [0.2, 0.25) is 0 Å². The molecule has 1 heterocycles. The van der Waals surface area contributed by atoms with Crippen molar-refractivity contribution in [3.63, 3.8) is 0 Å². The van der Waals surface area contributed by atoms with Crippen LogP contribution in [0.2, 0.25) is 0 Å². The maximum atomic E-state index is 10.8. The molecule has 0 atom stereocenters. The molecule has 60 valence electrons. The molecule has 0 amide bonds. The number of hydrogen-bond acceptors (Lipinski definition) is 5. The fourth-order valence-corrected chi connectivity index (χ4v) is 1.09. The molecule has 12 heavy (non-hydrogen) atoms. The van der Waals surface area contributed by atoms with Gasteiger partial charge >= 0.3 is 29.6 Å². The first-order valence-electron chi connectivity index (χ1n) is 2.69. The average Bonchev–Trinajstić information content (AvgIpc) is 1.86. The van der Waals surface area contributed by atoms with Gasteiger partial charge in [-0.15, -0.1) is 0 Å². The quantitative estimate of drug-likeness (QED) is 0.278. The standard InChI is InChI=1S/C5H6N2O2S2.Na/c1-11(8,9)4-2-6-5(10)7-3-4;/h2-3H,1H3,(H,6,7,10);/q;+1/p-1. The topological polar surface area (TPSA) is 59.9 Å². The molecule has 0 saturated carbocycles. The second kappa shape index (κ2) is 4.48. The number of aromatic nitrogens is 2. The largest absolute Gasteiger partial charge is 1.00 e. The summed E-state index contributed by atoms with van der Waals surface area (Å²) in [5.74, 6) is 0. The van der Waals surface area contributed by atoms with Crippen LogP contribution in [0, 0.1) is 0 Å². The fraction of sp³-hybridized carbons (Fsp3) is 0.200. The molecule has 7 heteroatoms. The van der Waals surface area contributed by atoms with Gasteiger partial charge in [-0.05, 0) is 0 Å². The van der Waals surface area contributed by atoms with E-state index < -0.39 is 9.84 Å². The van der Waals surface area contributed by atoms with E-state index in [-0.39, 0.29) is 39.6 Å². The second-order valence-electron chi connectivity index (χ2n) is 1.97. The smallest absolute Gasteiger partial charge is 0.740 e. The van der Waals surface area contributed by atoms with Crippen molar-refractivity contribution < 1.29 is 38.0 Å². The monoisotopic (exact) mass is 212 g/mol. The van der Waals surface area contributed by atoms with E-state index in [4.69, 9.17) is 0 Å². The first kappa shape index (κ1) is 12.2. The van der Waals surface area contributed by atoms with Gasteiger partial charge in [0.15, 0.2) is 9.84 Å². The van der Waals surface area contributed by atoms with E-state index >= 15 is 0 Å². The van der Waals surface area contributed by atoms with Gasteiger partial charge < -0.3 is 12.6 Å².